The van der Waals surface area contributed by atoms with Gasteiger partial charge in [0.1, 0.15) is 11.5 Å². The first kappa shape index (κ1) is 22.9. The number of ketones is 2. The lowest BCUT2D eigenvalue weighted by Crippen LogP contribution is -2.23. The molecule has 0 aliphatic heterocycles. The average molecular weight is 525 g/mol. The SMILES string of the molecule is O=C1c2c(O)ccc(O)c2C(=O)c2c(Cl)c(Sc3ccccc3)c(Sc3ccccc3)c(Cl)c21. The molecule has 4 aromatic carbocycles. The molecule has 34 heavy (non-hydrogen) atoms. The van der Waals surface area contributed by atoms with Gasteiger partial charge in [0.05, 0.1) is 32.3 Å². The van der Waals surface area contributed by atoms with Crippen LogP contribution < -0.4 is 0 Å². The summed E-state index contributed by atoms with van der Waals surface area (Å²) in [7, 11) is 0. The van der Waals surface area contributed by atoms with E-state index in [2.05, 4.69) is 0 Å². The van der Waals surface area contributed by atoms with Crippen molar-refractivity contribution in [1.82, 2.24) is 0 Å². The molecule has 0 aromatic heterocycles. The van der Waals surface area contributed by atoms with Crippen molar-refractivity contribution < 1.29 is 19.8 Å². The fraction of sp³-hybridized carbons (Fsp3) is 0. The van der Waals surface area contributed by atoms with Crippen LogP contribution in [0.1, 0.15) is 31.8 Å². The highest BCUT2D eigenvalue weighted by Crippen LogP contribution is 2.52. The van der Waals surface area contributed by atoms with Crippen molar-refractivity contribution >= 4 is 58.3 Å². The van der Waals surface area contributed by atoms with Gasteiger partial charge in [0, 0.05) is 19.6 Å². The minimum atomic E-state index is -0.670. The van der Waals surface area contributed by atoms with E-state index in [1.54, 1.807) is 0 Å². The molecule has 0 amide bonds. The molecule has 0 bridgehead atoms. The minimum absolute atomic E-state index is 0.0680. The maximum absolute atomic E-state index is 13.5. The summed E-state index contributed by atoms with van der Waals surface area (Å²) >= 11 is 16.3. The fourth-order valence-corrected chi connectivity index (χ4v) is 6.73. The topological polar surface area (TPSA) is 74.6 Å². The number of benzene rings is 4. The standard InChI is InChI=1S/C26H14Cl2O4S2/c27-21-19-20(24(32)18-16(30)12-11-15(29)17(18)23(19)31)22(28)26(34-14-9-5-2-6-10-14)25(21)33-13-7-3-1-4-8-13/h1-12,29-30H. The summed E-state index contributed by atoms with van der Waals surface area (Å²) < 4.78 is 0. The van der Waals surface area contributed by atoms with Crippen LogP contribution in [0.2, 0.25) is 10.0 Å². The molecule has 8 heteroatoms. The first-order valence-corrected chi connectivity index (χ1v) is 12.4. The number of carbonyl (C=O) groups excluding carboxylic acids is 2. The summed E-state index contributed by atoms with van der Waals surface area (Å²) in [4.78, 5) is 29.8. The van der Waals surface area contributed by atoms with Gasteiger partial charge in [-0.15, -0.1) is 0 Å². The Balaban J connectivity index is 1.79. The quantitative estimate of drug-likeness (QED) is 0.237. The Bertz CT molecular complexity index is 1360. The van der Waals surface area contributed by atoms with E-state index in [9.17, 15) is 19.8 Å². The second kappa shape index (κ2) is 9.04. The summed E-state index contributed by atoms with van der Waals surface area (Å²) in [6.07, 6.45) is 0. The summed E-state index contributed by atoms with van der Waals surface area (Å²) in [5.41, 5.74) is -0.731. The van der Waals surface area contributed by atoms with Gasteiger partial charge in [0.2, 0.25) is 0 Å². The Labute approximate surface area is 213 Å². The number of carbonyl (C=O) groups is 2. The number of fused-ring (bicyclic) bond motifs is 2. The minimum Gasteiger partial charge on any atom is -0.507 e. The van der Waals surface area contributed by atoms with Crippen molar-refractivity contribution in [2.24, 2.45) is 0 Å². The zero-order chi connectivity index (χ0) is 24.0. The van der Waals surface area contributed by atoms with Gasteiger partial charge in [-0.3, -0.25) is 9.59 Å². The Morgan fingerprint density at radius 1 is 0.529 bits per heavy atom. The van der Waals surface area contributed by atoms with Crippen molar-refractivity contribution in [2.45, 2.75) is 19.6 Å². The first-order valence-electron chi connectivity index (χ1n) is 10.0. The summed E-state index contributed by atoms with van der Waals surface area (Å²) in [6.45, 7) is 0. The lowest BCUT2D eigenvalue weighted by molar-refractivity contribution is 0.0974. The highest BCUT2D eigenvalue weighted by molar-refractivity contribution is 8.02. The summed E-state index contributed by atoms with van der Waals surface area (Å²) in [5.74, 6) is -2.17. The number of halogens is 2. The molecule has 1 aliphatic carbocycles. The van der Waals surface area contributed by atoms with E-state index in [1.165, 1.54) is 35.7 Å². The van der Waals surface area contributed by atoms with Crippen LogP contribution in [0.4, 0.5) is 0 Å². The molecule has 1 aliphatic rings. The third kappa shape index (κ3) is 3.77. The monoisotopic (exact) mass is 524 g/mol. The van der Waals surface area contributed by atoms with Gasteiger partial charge in [0.25, 0.3) is 0 Å². The van der Waals surface area contributed by atoms with E-state index >= 15 is 0 Å². The zero-order valence-corrected chi connectivity index (χ0v) is 20.4. The maximum atomic E-state index is 13.5. The van der Waals surface area contributed by atoms with Crippen LogP contribution in [-0.4, -0.2) is 21.8 Å². The van der Waals surface area contributed by atoms with Gasteiger partial charge in [-0.2, -0.15) is 0 Å². The molecule has 0 heterocycles. The predicted octanol–water partition coefficient (Wildman–Crippen LogP) is 7.48. The Morgan fingerprint density at radius 2 is 0.882 bits per heavy atom. The van der Waals surface area contributed by atoms with Crippen LogP contribution in [0, 0.1) is 0 Å². The highest BCUT2D eigenvalue weighted by atomic mass is 35.5. The van der Waals surface area contributed by atoms with E-state index in [0.717, 1.165) is 9.79 Å². The molecule has 4 aromatic rings. The van der Waals surface area contributed by atoms with Gasteiger partial charge >= 0.3 is 0 Å². The Hall–Kier alpha value is -2.90. The number of phenols is 2. The second-order valence-electron chi connectivity index (χ2n) is 7.38. The van der Waals surface area contributed by atoms with Gasteiger partial charge in [-0.05, 0) is 36.4 Å². The molecule has 0 unspecified atom stereocenters. The Kier molecular flexibility index (Phi) is 6.08. The van der Waals surface area contributed by atoms with E-state index in [1.807, 2.05) is 60.7 Å². The second-order valence-corrected chi connectivity index (χ2v) is 10.3. The molecule has 0 saturated carbocycles. The number of hydrogen-bond donors (Lipinski definition) is 2. The highest BCUT2D eigenvalue weighted by Gasteiger charge is 2.40. The van der Waals surface area contributed by atoms with Gasteiger partial charge in [-0.1, -0.05) is 83.1 Å². The predicted molar refractivity (Wildman–Crippen MR) is 134 cm³/mol. The molecule has 168 valence electrons. The van der Waals surface area contributed by atoms with Crippen molar-refractivity contribution in [1.29, 1.82) is 0 Å². The normalized spacial score (nSPS) is 12.4. The van der Waals surface area contributed by atoms with Crippen molar-refractivity contribution in [3.63, 3.8) is 0 Å². The number of hydrogen-bond acceptors (Lipinski definition) is 6. The van der Waals surface area contributed by atoms with Crippen molar-refractivity contribution in [3.8, 4) is 11.5 Å². The first-order chi connectivity index (χ1) is 16.4. The van der Waals surface area contributed by atoms with E-state index in [-0.39, 0.29) is 32.3 Å². The van der Waals surface area contributed by atoms with Crippen LogP contribution in [0.5, 0.6) is 11.5 Å². The molecule has 0 spiro atoms. The van der Waals surface area contributed by atoms with Crippen LogP contribution in [0.15, 0.2) is 92.4 Å². The smallest absolute Gasteiger partial charge is 0.199 e. The lowest BCUT2D eigenvalue weighted by Gasteiger charge is -2.24. The van der Waals surface area contributed by atoms with Crippen LogP contribution in [-0.2, 0) is 0 Å². The molecule has 0 atom stereocenters. The molecule has 5 rings (SSSR count). The fourth-order valence-electron chi connectivity index (χ4n) is 3.76. The van der Waals surface area contributed by atoms with Crippen LogP contribution in [0.25, 0.3) is 0 Å². The van der Waals surface area contributed by atoms with Crippen molar-refractivity contribution in [2.75, 3.05) is 0 Å². The molecule has 2 N–H and O–H groups in total. The number of phenolic OH excluding ortho intramolecular Hbond substituents is 2. The van der Waals surface area contributed by atoms with E-state index in [0.29, 0.717) is 9.79 Å². The van der Waals surface area contributed by atoms with Crippen LogP contribution >= 0.6 is 46.7 Å². The van der Waals surface area contributed by atoms with E-state index in [4.69, 9.17) is 23.2 Å². The van der Waals surface area contributed by atoms with Crippen LogP contribution in [0.3, 0.4) is 0 Å². The Morgan fingerprint density at radius 3 is 1.24 bits per heavy atom. The van der Waals surface area contributed by atoms with Gasteiger partial charge in [0.15, 0.2) is 11.6 Å². The number of aromatic hydroxyl groups is 2. The summed E-state index contributed by atoms with van der Waals surface area (Å²) in [6, 6.07) is 21.2. The molecule has 4 nitrogen and oxygen atoms in total. The molecular weight excluding hydrogens is 511 g/mol. The third-order valence-electron chi connectivity index (χ3n) is 5.29. The molecule has 0 saturated heterocycles. The van der Waals surface area contributed by atoms with Gasteiger partial charge < -0.3 is 10.2 Å². The maximum Gasteiger partial charge on any atom is 0.199 e. The largest absolute Gasteiger partial charge is 0.507 e. The van der Waals surface area contributed by atoms with Crippen molar-refractivity contribution in [3.05, 3.63) is 105 Å². The summed E-state index contributed by atoms with van der Waals surface area (Å²) in [5, 5.41) is 20.8. The molecular formula is C26H14Cl2O4S2. The number of rotatable bonds is 4. The van der Waals surface area contributed by atoms with Gasteiger partial charge in [-0.25, -0.2) is 0 Å². The average Bonchev–Trinajstić information content (AvgIpc) is 2.84. The van der Waals surface area contributed by atoms with E-state index < -0.39 is 23.1 Å². The lowest BCUT2D eigenvalue weighted by atomic mass is 9.83. The third-order valence-corrected chi connectivity index (χ3v) is 8.64. The zero-order valence-electron chi connectivity index (χ0n) is 17.2. The molecule has 0 radical (unpaired) electrons. The molecule has 0 fully saturated rings.